The summed E-state index contributed by atoms with van der Waals surface area (Å²) in [5, 5.41) is 4.89. The largest absolute Gasteiger partial charge is 0.495 e. The highest BCUT2D eigenvalue weighted by Crippen LogP contribution is 2.40. The van der Waals surface area contributed by atoms with E-state index in [-0.39, 0.29) is 41.4 Å². The second kappa shape index (κ2) is 16.5. The lowest BCUT2D eigenvalue weighted by molar-refractivity contribution is -0.140. The molecule has 1 aliphatic carbocycles. The van der Waals surface area contributed by atoms with Gasteiger partial charge in [-0.2, -0.15) is 13.8 Å². The van der Waals surface area contributed by atoms with E-state index in [0.29, 0.717) is 68.6 Å². The van der Waals surface area contributed by atoms with E-state index in [2.05, 4.69) is 20.7 Å². The Morgan fingerprint density at radius 3 is 2.33 bits per heavy atom. The summed E-state index contributed by atoms with van der Waals surface area (Å²) in [6, 6.07) is 4.69. The van der Waals surface area contributed by atoms with Crippen molar-refractivity contribution in [2.24, 2.45) is 5.92 Å². The van der Waals surface area contributed by atoms with Crippen molar-refractivity contribution in [2.45, 2.75) is 89.7 Å². The number of nitrogens with zero attached hydrogens (tertiary/aromatic N) is 7. The number of methoxy groups -OCH3 is 1. The van der Waals surface area contributed by atoms with Crippen LogP contribution in [0.15, 0.2) is 24.4 Å². The molecule has 3 fully saturated rings. The van der Waals surface area contributed by atoms with Gasteiger partial charge in [0.1, 0.15) is 17.0 Å². The highest BCUT2D eigenvalue weighted by Gasteiger charge is 2.49. The number of alkyl halides is 2. The molecule has 4 amide bonds. The number of piperidine rings is 1. The van der Waals surface area contributed by atoms with E-state index in [9.17, 15) is 28.0 Å². The van der Waals surface area contributed by atoms with Crippen LogP contribution in [0.5, 0.6) is 5.75 Å². The zero-order valence-corrected chi connectivity index (χ0v) is 32.4. The number of ether oxygens (including phenoxy) is 2. The van der Waals surface area contributed by atoms with Gasteiger partial charge in [0.2, 0.25) is 11.9 Å². The molecule has 4 aliphatic rings. The fraction of sp³-hybridized carbons (Fsp3) is 0.632. The standard InChI is InChI=1S/C38H53F2N9O6/c1-37(2,3)55-36(53)47-16-14-25(15-17-47)10-13-31(50)46-18-20-48(21-19-46)44-33(51)26-11-12-28(30(22-26)54-5)42-35-41-23-29-32(43-35)49(27-8-6-7-9-27)24-38(39,40)34(52)45(29)4/h11-12,22-23,25,27H,6-10,13-21,24H2,1-5H3,(H,44,51)(H,41,42,43). The Hall–Kier alpha value is -4.80. The number of hydrazine groups is 1. The maximum absolute atomic E-state index is 15.0. The van der Waals surface area contributed by atoms with Gasteiger partial charge in [0.05, 0.1) is 25.5 Å². The molecule has 2 saturated heterocycles. The average Bonchev–Trinajstić information content (AvgIpc) is 3.68. The molecule has 2 N–H and O–H groups in total. The van der Waals surface area contributed by atoms with Crippen molar-refractivity contribution in [2.75, 3.05) is 75.1 Å². The van der Waals surface area contributed by atoms with E-state index in [1.165, 1.54) is 25.3 Å². The number of carbonyl (C=O) groups excluding carboxylic acids is 4. The maximum atomic E-state index is 15.0. The van der Waals surface area contributed by atoms with Crippen molar-refractivity contribution >= 4 is 47.0 Å². The SMILES string of the molecule is COc1cc(C(=O)NN2CCN(C(=O)CCC3CCN(C(=O)OC(C)(C)C)CC3)CC2)ccc1Nc1ncc2c(n1)N(C1CCCC1)CC(F)(F)C(=O)N2C. The molecule has 300 valence electrons. The molecule has 0 unspecified atom stereocenters. The van der Waals surface area contributed by atoms with Crippen LogP contribution in [0.25, 0.3) is 0 Å². The maximum Gasteiger partial charge on any atom is 0.410 e. The molecule has 15 nitrogen and oxygen atoms in total. The van der Waals surface area contributed by atoms with Crippen LogP contribution in [0.1, 0.15) is 82.5 Å². The predicted octanol–water partition coefficient (Wildman–Crippen LogP) is 4.81. The lowest BCUT2D eigenvalue weighted by atomic mass is 9.92. The number of likely N-dealkylation sites (tertiary alicyclic amines) is 1. The molecule has 0 bridgehead atoms. The number of aromatic nitrogens is 2. The zero-order valence-electron chi connectivity index (χ0n) is 32.4. The summed E-state index contributed by atoms with van der Waals surface area (Å²) < 4.78 is 41.1. The number of hydrogen-bond donors (Lipinski definition) is 2. The van der Waals surface area contributed by atoms with E-state index in [1.54, 1.807) is 28.1 Å². The number of carbonyl (C=O) groups is 4. The van der Waals surface area contributed by atoms with Crippen molar-refractivity contribution < 1.29 is 37.4 Å². The molecular formula is C38H53F2N9O6. The Labute approximate surface area is 320 Å². The first-order valence-electron chi connectivity index (χ1n) is 19.2. The van der Waals surface area contributed by atoms with Crippen molar-refractivity contribution in [3.05, 3.63) is 30.0 Å². The molecule has 1 aromatic carbocycles. The van der Waals surface area contributed by atoms with E-state index in [1.807, 2.05) is 25.7 Å². The molecule has 17 heteroatoms. The van der Waals surface area contributed by atoms with Crippen LogP contribution in [-0.2, 0) is 14.3 Å². The summed E-state index contributed by atoms with van der Waals surface area (Å²) in [6.45, 7) is 8.00. The Morgan fingerprint density at radius 2 is 1.67 bits per heavy atom. The van der Waals surface area contributed by atoms with Crippen LogP contribution >= 0.6 is 0 Å². The minimum Gasteiger partial charge on any atom is -0.495 e. The van der Waals surface area contributed by atoms with E-state index < -0.39 is 24.0 Å². The van der Waals surface area contributed by atoms with E-state index in [0.717, 1.165) is 49.8 Å². The lowest BCUT2D eigenvalue weighted by Gasteiger charge is -2.35. The van der Waals surface area contributed by atoms with Gasteiger partial charge in [0.15, 0.2) is 5.82 Å². The zero-order chi connectivity index (χ0) is 39.5. The number of amides is 4. The number of halogens is 2. The minimum absolute atomic E-state index is 0.0940. The topological polar surface area (TPSA) is 153 Å². The summed E-state index contributed by atoms with van der Waals surface area (Å²) in [4.78, 5) is 66.3. The summed E-state index contributed by atoms with van der Waals surface area (Å²) in [7, 11) is 2.77. The number of piperazine rings is 1. The second-order valence-corrected chi connectivity index (χ2v) is 15.8. The third-order valence-electron chi connectivity index (χ3n) is 10.8. The third kappa shape index (κ3) is 9.54. The van der Waals surface area contributed by atoms with Gasteiger partial charge in [-0.3, -0.25) is 19.8 Å². The number of benzene rings is 1. The van der Waals surface area contributed by atoms with Crippen LogP contribution in [0.2, 0.25) is 0 Å². The van der Waals surface area contributed by atoms with Gasteiger partial charge in [-0.15, -0.1) is 0 Å². The molecule has 0 radical (unpaired) electrons. The Morgan fingerprint density at radius 1 is 0.982 bits per heavy atom. The number of nitrogens with one attached hydrogen (secondary N) is 2. The van der Waals surface area contributed by atoms with Crippen molar-refractivity contribution in [3.8, 4) is 5.75 Å². The molecular weight excluding hydrogens is 716 g/mol. The Bertz CT molecular complexity index is 1740. The fourth-order valence-corrected chi connectivity index (χ4v) is 7.65. The molecule has 55 heavy (non-hydrogen) atoms. The molecule has 3 aliphatic heterocycles. The Balaban J connectivity index is 1.00. The number of fused-ring (bicyclic) bond motifs is 1. The van der Waals surface area contributed by atoms with Crippen LogP contribution < -0.4 is 25.3 Å². The molecule has 0 atom stereocenters. The minimum atomic E-state index is -3.58. The summed E-state index contributed by atoms with van der Waals surface area (Å²) in [5.74, 6) is -4.03. The first kappa shape index (κ1) is 39.9. The molecule has 2 aromatic rings. The molecule has 0 spiro atoms. The van der Waals surface area contributed by atoms with Gasteiger partial charge in [-0.25, -0.2) is 14.8 Å². The van der Waals surface area contributed by atoms with Crippen LogP contribution in [0.4, 0.5) is 36.7 Å². The number of anilines is 4. The molecule has 4 heterocycles. The van der Waals surface area contributed by atoms with E-state index in [4.69, 9.17) is 9.47 Å². The van der Waals surface area contributed by atoms with Crippen LogP contribution in [0.3, 0.4) is 0 Å². The quantitative estimate of drug-likeness (QED) is 0.362. The lowest BCUT2D eigenvalue weighted by Crippen LogP contribution is -2.54. The summed E-state index contributed by atoms with van der Waals surface area (Å²) in [6.07, 6.45) is 7.29. The predicted molar refractivity (Wildman–Crippen MR) is 202 cm³/mol. The van der Waals surface area contributed by atoms with Gasteiger partial charge < -0.3 is 34.4 Å². The average molecular weight is 770 g/mol. The van der Waals surface area contributed by atoms with E-state index >= 15 is 0 Å². The van der Waals surface area contributed by atoms with Crippen molar-refractivity contribution in [1.29, 1.82) is 0 Å². The first-order chi connectivity index (χ1) is 26.1. The van der Waals surface area contributed by atoms with Crippen LogP contribution in [0, 0.1) is 5.92 Å². The monoisotopic (exact) mass is 769 g/mol. The first-order valence-corrected chi connectivity index (χ1v) is 19.2. The number of rotatable bonds is 9. The summed E-state index contributed by atoms with van der Waals surface area (Å²) >= 11 is 0. The van der Waals surface area contributed by atoms with Gasteiger partial charge >= 0.3 is 12.0 Å². The van der Waals surface area contributed by atoms with Crippen molar-refractivity contribution in [3.63, 3.8) is 0 Å². The van der Waals surface area contributed by atoms with Gasteiger partial charge in [-0.1, -0.05) is 12.8 Å². The highest BCUT2D eigenvalue weighted by atomic mass is 19.3. The van der Waals surface area contributed by atoms with Gasteiger partial charge in [-0.05, 0) is 77.0 Å². The van der Waals surface area contributed by atoms with Gasteiger partial charge in [0.25, 0.3) is 11.8 Å². The molecule has 1 saturated carbocycles. The summed E-state index contributed by atoms with van der Waals surface area (Å²) in [5.41, 5.74) is 3.40. The number of hydrogen-bond acceptors (Lipinski definition) is 11. The second-order valence-electron chi connectivity index (χ2n) is 15.8. The van der Waals surface area contributed by atoms with Crippen molar-refractivity contribution in [1.82, 2.24) is 30.2 Å². The molecule has 6 rings (SSSR count). The molecule has 1 aromatic heterocycles. The van der Waals surface area contributed by atoms with Gasteiger partial charge in [0, 0.05) is 64.3 Å². The highest BCUT2D eigenvalue weighted by molar-refractivity contribution is 6.02. The Kier molecular flexibility index (Phi) is 12.0. The normalized spacial score (nSPS) is 19.9. The van der Waals surface area contributed by atoms with Crippen LogP contribution in [-0.4, -0.2) is 126 Å². The smallest absolute Gasteiger partial charge is 0.410 e. The fourth-order valence-electron chi connectivity index (χ4n) is 7.65. The third-order valence-corrected chi connectivity index (χ3v) is 10.8.